The van der Waals surface area contributed by atoms with Gasteiger partial charge in [-0.15, -0.1) is 0 Å². The Morgan fingerprint density at radius 2 is 1.66 bits per heavy atom. The van der Waals surface area contributed by atoms with E-state index in [4.69, 9.17) is 30.5 Å². The molecule has 5 rings (SSSR count). The van der Waals surface area contributed by atoms with Crippen LogP contribution in [0.1, 0.15) is 16.7 Å². The number of methoxy groups -OCH3 is 1. The van der Waals surface area contributed by atoms with Gasteiger partial charge in [0.1, 0.15) is 36.5 Å². The van der Waals surface area contributed by atoms with Crippen LogP contribution in [0.25, 0.3) is 10.9 Å². The SMILES string of the molecule is COc1cc2ncnc(Oc3ccc(CC(=O)Cc4ccc(Cl)c(C(F)(F)F)c4)cc3)c2c2c1OCCO2. The van der Waals surface area contributed by atoms with E-state index in [0.29, 0.717) is 52.7 Å². The molecular formula is C27H20ClF3N2O5. The predicted molar refractivity (Wildman–Crippen MR) is 132 cm³/mol. The maximum atomic E-state index is 13.1. The summed E-state index contributed by atoms with van der Waals surface area (Å²) in [4.78, 5) is 21.1. The molecule has 2 heterocycles. The smallest absolute Gasteiger partial charge is 0.417 e. The summed E-state index contributed by atoms with van der Waals surface area (Å²) in [5.74, 6) is 1.83. The first-order valence-corrected chi connectivity index (χ1v) is 11.9. The van der Waals surface area contributed by atoms with E-state index in [9.17, 15) is 18.0 Å². The van der Waals surface area contributed by atoms with Gasteiger partial charge in [-0.25, -0.2) is 9.97 Å². The third-order valence-electron chi connectivity index (χ3n) is 5.84. The fraction of sp³-hybridized carbons (Fsp3) is 0.222. The number of Topliss-reactive ketones (excluding diaryl/α,β-unsaturated/α-hetero) is 1. The first kappa shape index (κ1) is 25.6. The van der Waals surface area contributed by atoms with Crippen molar-refractivity contribution in [1.82, 2.24) is 9.97 Å². The molecule has 0 saturated carbocycles. The molecule has 0 saturated heterocycles. The fourth-order valence-electron chi connectivity index (χ4n) is 4.12. The molecule has 11 heteroatoms. The van der Waals surface area contributed by atoms with Crippen LogP contribution in [0.4, 0.5) is 13.2 Å². The molecule has 0 unspecified atom stereocenters. The maximum Gasteiger partial charge on any atom is 0.417 e. The zero-order chi connectivity index (χ0) is 26.9. The molecular weight excluding hydrogens is 525 g/mol. The molecule has 0 fully saturated rings. The normalized spacial score (nSPS) is 12.9. The van der Waals surface area contributed by atoms with E-state index < -0.39 is 16.8 Å². The van der Waals surface area contributed by atoms with E-state index in [0.717, 1.165) is 12.1 Å². The lowest BCUT2D eigenvalue weighted by atomic mass is 10.0. The van der Waals surface area contributed by atoms with Crippen molar-refractivity contribution in [3.8, 4) is 28.9 Å². The van der Waals surface area contributed by atoms with Gasteiger partial charge >= 0.3 is 6.18 Å². The van der Waals surface area contributed by atoms with Gasteiger partial charge in [0.15, 0.2) is 11.5 Å². The third kappa shape index (κ3) is 5.31. The molecule has 0 amide bonds. The Morgan fingerprint density at radius 3 is 2.37 bits per heavy atom. The minimum Gasteiger partial charge on any atom is -0.493 e. The van der Waals surface area contributed by atoms with Gasteiger partial charge in [0, 0.05) is 18.9 Å². The van der Waals surface area contributed by atoms with Crippen LogP contribution in [0.3, 0.4) is 0 Å². The number of halogens is 4. The van der Waals surface area contributed by atoms with Crippen LogP contribution < -0.4 is 18.9 Å². The molecule has 0 spiro atoms. The van der Waals surface area contributed by atoms with Crippen LogP contribution >= 0.6 is 11.6 Å². The quantitative estimate of drug-likeness (QED) is 0.273. The zero-order valence-electron chi connectivity index (χ0n) is 20.0. The minimum atomic E-state index is -4.59. The maximum absolute atomic E-state index is 13.1. The lowest BCUT2D eigenvalue weighted by molar-refractivity contribution is -0.137. The topological polar surface area (TPSA) is 79.8 Å². The van der Waals surface area contributed by atoms with Crippen LogP contribution in [0.15, 0.2) is 54.9 Å². The van der Waals surface area contributed by atoms with Crippen molar-refractivity contribution in [2.75, 3.05) is 20.3 Å². The Balaban J connectivity index is 1.31. The molecule has 7 nitrogen and oxygen atoms in total. The summed E-state index contributed by atoms with van der Waals surface area (Å²) < 4.78 is 62.3. The number of hydrogen-bond acceptors (Lipinski definition) is 7. The summed E-state index contributed by atoms with van der Waals surface area (Å²) in [5.41, 5.74) is 0.515. The van der Waals surface area contributed by atoms with E-state index in [1.54, 1.807) is 30.3 Å². The number of ether oxygens (including phenoxy) is 4. The van der Waals surface area contributed by atoms with Gasteiger partial charge < -0.3 is 18.9 Å². The van der Waals surface area contributed by atoms with Crippen LogP contribution in [-0.4, -0.2) is 36.1 Å². The molecule has 0 aliphatic carbocycles. The van der Waals surface area contributed by atoms with Gasteiger partial charge in [-0.3, -0.25) is 4.79 Å². The number of aromatic nitrogens is 2. The lowest BCUT2D eigenvalue weighted by Gasteiger charge is -2.22. The summed E-state index contributed by atoms with van der Waals surface area (Å²) in [5, 5.41) is 0.128. The lowest BCUT2D eigenvalue weighted by Crippen LogP contribution is -2.16. The van der Waals surface area contributed by atoms with E-state index in [2.05, 4.69) is 9.97 Å². The Bertz CT molecular complexity index is 1510. The summed E-state index contributed by atoms with van der Waals surface area (Å²) in [6.07, 6.45) is -3.34. The Labute approximate surface area is 220 Å². The van der Waals surface area contributed by atoms with Gasteiger partial charge in [0.2, 0.25) is 11.6 Å². The van der Waals surface area contributed by atoms with Gasteiger partial charge in [-0.1, -0.05) is 29.8 Å². The average Bonchev–Trinajstić information content (AvgIpc) is 2.89. The number of fused-ring (bicyclic) bond motifs is 3. The molecule has 1 aliphatic heterocycles. The number of benzene rings is 3. The van der Waals surface area contributed by atoms with Crippen LogP contribution in [0.5, 0.6) is 28.9 Å². The number of carbonyl (C=O) groups excluding carboxylic acids is 1. The highest BCUT2D eigenvalue weighted by molar-refractivity contribution is 6.31. The fourth-order valence-corrected chi connectivity index (χ4v) is 4.34. The number of carbonyl (C=O) groups is 1. The van der Waals surface area contributed by atoms with Gasteiger partial charge in [0.05, 0.1) is 23.2 Å². The van der Waals surface area contributed by atoms with Crippen molar-refractivity contribution in [2.24, 2.45) is 0 Å². The number of rotatable bonds is 7. The minimum absolute atomic E-state index is 0.0409. The van der Waals surface area contributed by atoms with Crippen LogP contribution in [0.2, 0.25) is 5.02 Å². The highest BCUT2D eigenvalue weighted by Crippen LogP contribution is 2.47. The summed E-state index contributed by atoms with van der Waals surface area (Å²) in [6.45, 7) is 0.723. The van der Waals surface area contributed by atoms with Crippen LogP contribution in [0, 0.1) is 0 Å². The second-order valence-electron chi connectivity index (χ2n) is 8.46. The number of nitrogens with zero attached hydrogens (tertiary/aromatic N) is 2. The average molecular weight is 545 g/mol. The molecule has 0 N–H and O–H groups in total. The monoisotopic (exact) mass is 544 g/mol. The molecule has 38 heavy (non-hydrogen) atoms. The predicted octanol–water partition coefficient (Wildman–Crippen LogP) is 6.23. The first-order valence-electron chi connectivity index (χ1n) is 11.5. The van der Waals surface area contributed by atoms with E-state index in [-0.39, 0.29) is 30.1 Å². The molecule has 4 aromatic rings. The number of ketones is 1. The summed E-state index contributed by atoms with van der Waals surface area (Å²) >= 11 is 5.66. The standard InChI is InChI=1S/C27H20ClF3N2O5/c1-35-22-13-21-23(25-24(22)36-8-9-37-25)26(33-14-32-21)38-18-5-2-15(3-6-18)10-17(34)11-16-4-7-20(28)19(12-16)27(29,30)31/h2-7,12-14H,8-11H2,1H3. The van der Waals surface area contributed by atoms with Crippen LogP contribution in [-0.2, 0) is 23.8 Å². The van der Waals surface area contributed by atoms with Gasteiger partial charge in [0.25, 0.3) is 0 Å². The van der Waals surface area contributed by atoms with Crippen molar-refractivity contribution in [3.05, 3.63) is 76.6 Å². The Morgan fingerprint density at radius 1 is 0.974 bits per heavy atom. The number of hydrogen-bond donors (Lipinski definition) is 0. The van der Waals surface area contributed by atoms with Crippen molar-refractivity contribution in [3.63, 3.8) is 0 Å². The van der Waals surface area contributed by atoms with Crippen molar-refractivity contribution in [1.29, 1.82) is 0 Å². The summed E-state index contributed by atoms with van der Waals surface area (Å²) in [6, 6.07) is 12.0. The van der Waals surface area contributed by atoms with E-state index in [1.807, 2.05) is 0 Å². The highest BCUT2D eigenvalue weighted by Gasteiger charge is 2.33. The molecule has 0 bridgehead atoms. The van der Waals surface area contributed by atoms with Crippen molar-refractivity contribution in [2.45, 2.75) is 19.0 Å². The Hall–Kier alpha value is -4.05. The molecule has 0 radical (unpaired) electrons. The second-order valence-corrected chi connectivity index (χ2v) is 8.86. The summed E-state index contributed by atoms with van der Waals surface area (Å²) in [7, 11) is 1.53. The second kappa shape index (κ2) is 10.4. The van der Waals surface area contributed by atoms with Gasteiger partial charge in [-0.2, -0.15) is 13.2 Å². The zero-order valence-corrected chi connectivity index (χ0v) is 20.7. The molecule has 1 aromatic heterocycles. The van der Waals surface area contributed by atoms with Crippen molar-refractivity contribution < 1.29 is 36.9 Å². The highest BCUT2D eigenvalue weighted by atomic mass is 35.5. The molecule has 3 aromatic carbocycles. The van der Waals surface area contributed by atoms with E-state index in [1.165, 1.54) is 19.5 Å². The Kier molecular flexibility index (Phi) is 6.98. The molecule has 0 atom stereocenters. The van der Waals surface area contributed by atoms with Gasteiger partial charge in [-0.05, 0) is 35.4 Å². The van der Waals surface area contributed by atoms with Crippen molar-refractivity contribution >= 4 is 28.3 Å². The molecule has 196 valence electrons. The van der Waals surface area contributed by atoms with E-state index >= 15 is 0 Å². The number of alkyl halides is 3. The third-order valence-corrected chi connectivity index (χ3v) is 6.17. The molecule has 1 aliphatic rings. The first-order chi connectivity index (χ1) is 18.2. The largest absolute Gasteiger partial charge is 0.493 e.